The van der Waals surface area contributed by atoms with E-state index in [-0.39, 0.29) is 28.8 Å². The van der Waals surface area contributed by atoms with E-state index in [4.69, 9.17) is 11.6 Å². The first-order valence-corrected chi connectivity index (χ1v) is 9.91. The van der Waals surface area contributed by atoms with E-state index in [1.165, 1.54) is 24.1 Å². The van der Waals surface area contributed by atoms with Crippen molar-refractivity contribution in [2.75, 3.05) is 11.4 Å². The number of nitrogens with one attached hydrogen (secondary N) is 1. The van der Waals surface area contributed by atoms with E-state index in [9.17, 15) is 19.2 Å². The summed E-state index contributed by atoms with van der Waals surface area (Å²) >= 11 is 5.84. The zero-order valence-electron chi connectivity index (χ0n) is 16.2. The number of pyridine rings is 1. The second-order valence-corrected chi connectivity index (χ2v) is 7.72. The van der Waals surface area contributed by atoms with Gasteiger partial charge in [-0.3, -0.25) is 14.4 Å². The van der Waals surface area contributed by atoms with Crippen molar-refractivity contribution in [1.82, 2.24) is 15.2 Å². The van der Waals surface area contributed by atoms with Gasteiger partial charge in [0.1, 0.15) is 11.2 Å². The Morgan fingerprint density at radius 1 is 1.17 bits per heavy atom. The van der Waals surface area contributed by atoms with Crippen LogP contribution in [0.4, 0.5) is 10.5 Å². The minimum atomic E-state index is -0.654. The number of fused-ring (bicyclic) bond motifs is 1. The van der Waals surface area contributed by atoms with Gasteiger partial charge in [-0.05, 0) is 44.0 Å². The molecule has 154 valence electrons. The van der Waals surface area contributed by atoms with Crippen LogP contribution in [0.5, 0.6) is 0 Å². The quantitative estimate of drug-likeness (QED) is 0.460. The van der Waals surface area contributed by atoms with Crippen molar-refractivity contribution in [3.63, 3.8) is 0 Å². The number of ketones is 1. The predicted molar refractivity (Wildman–Crippen MR) is 110 cm³/mol. The summed E-state index contributed by atoms with van der Waals surface area (Å²) in [7, 11) is 0. The van der Waals surface area contributed by atoms with Gasteiger partial charge in [-0.15, -0.1) is 0 Å². The van der Waals surface area contributed by atoms with Crippen LogP contribution in [-0.4, -0.2) is 52.1 Å². The van der Waals surface area contributed by atoms with Crippen molar-refractivity contribution >= 4 is 40.9 Å². The first-order chi connectivity index (χ1) is 14.3. The topological polar surface area (TPSA) is 99.7 Å². The van der Waals surface area contributed by atoms with Crippen LogP contribution in [0.25, 0.3) is 0 Å². The zero-order valence-corrected chi connectivity index (χ0v) is 16.9. The normalized spacial score (nSPS) is 20.9. The molecule has 2 aliphatic heterocycles. The summed E-state index contributed by atoms with van der Waals surface area (Å²) in [5.74, 6) is -0.806. The highest BCUT2D eigenvalue weighted by molar-refractivity contribution is 6.29. The summed E-state index contributed by atoms with van der Waals surface area (Å²) in [4.78, 5) is 56.5. The minimum absolute atomic E-state index is 0.146. The molecule has 1 N–H and O–H groups in total. The maximum absolute atomic E-state index is 13.0. The molecule has 9 heteroatoms. The third kappa shape index (κ3) is 3.66. The Kier molecular flexibility index (Phi) is 5.26. The van der Waals surface area contributed by atoms with Crippen molar-refractivity contribution in [2.24, 2.45) is 0 Å². The summed E-state index contributed by atoms with van der Waals surface area (Å²) in [5, 5.41) is 3.13. The Morgan fingerprint density at radius 3 is 2.70 bits per heavy atom. The molecular weight excluding hydrogens is 408 g/mol. The number of hydrogen-bond acceptors (Lipinski definition) is 5. The highest BCUT2D eigenvalue weighted by Gasteiger charge is 2.48. The molecule has 0 radical (unpaired) electrons. The second kappa shape index (κ2) is 7.87. The largest absolute Gasteiger partial charge is 0.349 e. The number of carbonyl (C=O) groups is 4. The number of imide groups is 1. The van der Waals surface area contributed by atoms with Crippen LogP contribution in [0.3, 0.4) is 0 Å². The second-order valence-electron chi connectivity index (χ2n) is 7.33. The summed E-state index contributed by atoms with van der Waals surface area (Å²) < 4.78 is 0. The van der Waals surface area contributed by atoms with Crippen LogP contribution in [0.2, 0.25) is 5.15 Å². The number of halogens is 1. The van der Waals surface area contributed by atoms with E-state index < -0.39 is 12.1 Å². The lowest BCUT2D eigenvalue weighted by atomic mass is 9.97. The van der Waals surface area contributed by atoms with Crippen LogP contribution in [0.15, 0.2) is 42.6 Å². The van der Waals surface area contributed by atoms with Crippen LogP contribution >= 0.6 is 11.6 Å². The van der Waals surface area contributed by atoms with Crippen LogP contribution < -0.4 is 10.2 Å². The molecule has 4 rings (SSSR count). The monoisotopic (exact) mass is 426 g/mol. The van der Waals surface area contributed by atoms with Gasteiger partial charge >= 0.3 is 6.03 Å². The predicted octanol–water partition coefficient (Wildman–Crippen LogP) is 2.67. The number of carbonyl (C=O) groups excluding carboxylic acids is 4. The average Bonchev–Trinajstić information content (AvgIpc) is 2.98. The molecule has 2 atom stereocenters. The fraction of sp³-hybridized carbons (Fsp3) is 0.286. The minimum Gasteiger partial charge on any atom is -0.349 e. The van der Waals surface area contributed by atoms with E-state index in [1.54, 1.807) is 30.3 Å². The Balaban J connectivity index is 1.50. The van der Waals surface area contributed by atoms with Crippen LogP contribution in [-0.2, 0) is 4.79 Å². The first-order valence-electron chi connectivity index (χ1n) is 9.53. The van der Waals surface area contributed by atoms with E-state index in [0.717, 1.165) is 4.90 Å². The molecular formula is C21H19ClN4O4. The van der Waals surface area contributed by atoms with E-state index in [1.807, 2.05) is 0 Å². The van der Waals surface area contributed by atoms with Crippen molar-refractivity contribution in [3.8, 4) is 0 Å². The fourth-order valence-corrected chi connectivity index (χ4v) is 4.02. The molecule has 2 saturated heterocycles. The number of amides is 4. The summed E-state index contributed by atoms with van der Waals surface area (Å²) in [5.41, 5.74) is 1.19. The zero-order chi connectivity index (χ0) is 21.4. The Bertz CT molecular complexity index is 1060. The lowest BCUT2D eigenvalue weighted by Crippen LogP contribution is -2.49. The number of rotatable bonds is 4. The molecule has 0 spiro atoms. The third-order valence-corrected chi connectivity index (χ3v) is 5.59. The van der Waals surface area contributed by atoms with Gasteiger partial charge in [0.25, 0.3) is 11.8 Å². The number of hydrogen-bond donors (Lipinski definition) is 1. The molecule has 2 aliphatic rings. The number of nitrogens with zero attached hydrogens (tertiary/aromatic N) is 3. The summed E-state index contributed by atoms with van der Waals surface area (Å²) in [6, 6.07) is 8.18. The smallest absolute Gasteiger partial charge is 0.332 e. The summed E-state index contributed by atoms with van der Waals surface area (Å²) in [6.07, 6.45) is 2.30. The Labute approximate surface area is 177 Å². The molecule has 1 aromatic carbocycles. The van der Waals surface area contributed by atoms with Crippen molar-refractivity contribution < 1.29 is 19.2 Å². The first kappa shape index (κ1) is 20.0. The molecule has 0 aliphatic carbocycles. The number of piperidine rings is 1. The van der Waals surface area contributed by atoms with Gasteiger partial charge in [0.2, 0.25) is 0 Å². The molecule has 4 amide bonds. The van der Waals surface area contributed by atoms with Gasteiger partial charge in [0.05, 0.1) is 5.69 Å². The number of Topliss-reactive ketones (excluding diaryl/α,β-unsaturated/α-hetero) is 1. The summed E-state index contributed by atoms with van der Waals surface area (Å²) in [6.45, 7) is 1.78. The van der Waals surface area contributed by atoms with Crippen LogP contribution in [0.1, 0.15) is 40.5 Å². The van der Waals surface area contributed by atoms with Crippen LogP contribution in [0, 0.1) is 0 Å². The molecule has 0 saturated carbocycles. The molecule has 2 aromatic rings. The standard InChI is InChI=1S/C21H19ClN4O4/c1-12(27)13-3-2-4-16(9-13)26-20(29)17-11-15(6-8-25(17)21(26)30)24-19(28)14-5-7-23-18(22)10-14/h2-5,7,9-10,15,17H,6,8,11H2,1H3,(H,24,28). The number of urea groups is 1. The molecule has 2 unspecified atom stereocenters. The molecule has 0 bridgehead atoms. The number of benzene rings is 1. The van der Waals surface area contributed by atoms with Gasteiger partial charge < -0.3 is 10.2 Å². The van der Waals surface area contributed by atoms with Gasteiger partial charge in [-0.2, -0.15) is 0 Å². The van der Waals surface area contributed by atoms with Gasteiger partial charge in [0.15, 0.2) is 5.78 Å². The van der Waals surface area contributed by atoms with E-state index >= 15 is 0 Å². The Hall–Kier alpha value is -3.26. The van der Waals surface area contributed by atoms with Gasteiger partial charge in [0, 0.05) is 29.9 Å². The third-order valence-electron chi connectivity index (χ3n) is 5.38. The number of aromatic nitrogens is 1. The average molecular weight is 427 g/mol. The van der Waals surface area contributed by atoms with E-state index in [2.05, 4.69) is 10.3 Å². The highest BCUT2D eigenvalue weighted by Crippen LogP contribution is 2.31. The van der Waals surface area contributed by atoms with Gasteiger partial charge in [-0.1, -0.05) is 23.7 Å². The molecule has 30 heavy (non-hydrogen) atoms. The lowest BCUT2D eigenvalue weighted by Gasteiger charge is -2.32. The lowest BCUT2D eigenvalue weighted by molar-refractivity contribution is -0.120. The van der Waals surface area contributed by atoms with E-state index in [0.29, 0.717) is 36.2 Å². The maximum Gasteiger partial charge on any atom is 0.332 e. The molecule has 2 fully saturated rings. The van der Waals surface area contributed by atoms with Crippen molar-refractivity contribution in [2.45, 2.75) is 31.8 Å². The van der Waals surface area contributed by atoms with Gasteiger partial charge in [-0.25, -0.2) is 14.7 Å². The number of anilines is 1. The molecule has 8 nitrogen and oxygen atoms in total. The van der Waals surface area contributed by atoms with Crippen molar-refractivity contribution in [3.05, 3.63) is 58.9 Å². The van der Waals surface area contributed by atoms with Crippen molar-refractivity contribution in [1.29, 1.82) is 0 Å². The fourth-order valence-electron chi connectivity index (χ4n) is 3.85. The SMILES string of the molecule is CC(=O)c1cccc(N2C(=O)C3CC(NC(=O)c4ccnc(Cl)c4)CCN3C2=O)c1. The Morgan fingerprint density at radius 2 is 1.97 bits per heavy atom. The highest BCUT2D eigenvalue weighted by atomic mass is 35.5. The maximum atomic E-state index is 13.0. The molecule has 3 heterocycles. The molecule has 1 aromatic heterocycles.